The molecule has 3 heterocycles. The number of benzene rings is 1. The van der Waals surface area contributed by atoms with Crippen molar-refractivity contribution in [1.82, 2.24) is 19.8 Å². The molecule has 2 aliphatic rings. The maximum absolute atomic E-state index is 12.9. The van der Waals surface area contributed by atoms with Gasteiger partial charge in [-0.15, -0.1) is 0 Å². The molecule has 2 fully saturated rings. The summed E-state index contributed by atoms with van der Waals surface area (Å²) in [5, 5.41) is 0. The largest absolute Gasteiger partial charge is 0.368 e. The van der Waals surface area contributed by atoms with Gasteiger partial charge in [0.1, 0.15) is 11.6 Å². The molecular weight excluding hydrogens is 400 g/mol. The van der Waals surface area contributed by atoms with Gasteiger partial charge in [0, 0.05) is 75.7 Å². The Labute approximate surface area is 192 Å². The van der Waals surface area contributed by atoms with Crippen molar-refractivity contribution in [3.05, 3.63) is 47.4 Å². The molecule has 0 spiro atoms. The van der Waals surface area contributed by atoms with E-state index in [0.29, 0.717) is 12.5 Å². The molecule has 0 saturated carbocycles. The smallest absolute Gasteiger partial charge is 0.236 e. The molecule has 0 atom stereocenters. The molecule has 0 unspecified atom stereocenters. The van der Waals surface area contributed by atoms with Gasteiger partial charge < -0.3 is 14.7 Å². The minimum absolute atomic E-state index is 0.252. The quantitative estimate of drug-likeness (QED) is 0.718. The SMILES string of the molecule is Cc1cccc(N2CCN(C(=O)CN3CCN(c4cc(C)nc(C(C)C)n4)CC3)CC2)c1. The van der Waals surface area contributed by atoms with Gasteiger partial charge in [0.25, 0.3) is 0 Å². The fraction of sp³-hybridized carbons (Fsp3) is 0.560. The number of rotatable bonds is 5. The van der Waals surface area contributed by atoms with Gasteiger partial charge >= 0.3 is 0 Å². The number of piperazine rings is 2. The lowest BCUT2D eigenvalue weighted by Gasteiger charge is -2.39. The number of hydrogen-bond donors (Lipinski definition) is 0. The molecule has 32 heavy (non-hydrogen) atoms. The Hall–Kier alpha value is -2.67. The highest BCUT2D eigenvalue weighted by atomic mass is 16.2. The van der Waals surface area contributed by atoms with E-state index in [0.717, 1.165) is 69.7 Å². The Balaban J connectivity index is 1.25. The first-order valence-corrected chi connectivity index (χ1v) is 11.8. The highest BCUT2D eigenvalue weighted by Gasteiger charge is 2.25. The Bertz CT molecular complexity index is 930. The van der Waals surface area contributed by atoms with E-state index in [1.807, 2.05) is 11.8 Å². The van der Waals surface area contributed by atoms with Crippen LogP contribution in [-0.2, 0) is 4.79 Å². The van der Waals surface area contributed by atoms with E-state index in [2.05, 4.69) is 70.8 Å². The average molecular weight is 437 g/mol. The highest BCUT2D eigenvalue weighted by molar-refractivity contribution is 5.78. The molecule has 0 N–H and O–H groups in total. The first kappa shape index (κ1) is 22.5. The van der Waals surface area contributed by atoms with Gasteiger partial charge in [-0.1, -0.05) is 26.0 Å². The summed E-state index contributed by atoms with van der Waals surface area (Å²) >= 11 is 0. The Morgan fingerprint density at radius 2 is 1.59 bits per heavy atom. The molecule has 7 nitrogen and oxygen atoms in total. The summed E-state index contributed by atoms with van der Waals surface area (Å²) < 4.78 is 0. The summed E-state index contributed by atoms with van der Waals surface area (Å²) in [6.07, 6.45) is 0. The second kappa shape index (κ2) is 9.86. The standard InChI is InChI=1S/C25H36N6O/c1-19(2)25-26-21(4)17-23(27-25)30-10-8-28(9-11-30)18-24(32)31-14-12-29(13-15-31)22-7-5-6-20(3)16-22/h5-7,16-17,19H,8-15,18H2,1-4H3. The van der Waals surface area contributed by atoms with Gasteiger partial charge in [-0.2, -0.15) is 0 Å². The van der Waals surface area contributed by atoms with E-state index in [1.54, 1.807) is 0 Å². The lowest BCUT2D eigenvalue weighted by molar-refractivity contribution is -0.132. The van der Waals surface area contributed by atoms with Crippen LogP contribution in [0.15, 0.2) is 30.3 Å². The van der Waals surface area contributed by atoms with Crippen LogP contribution in [0.25, 0.3) is 0 Å². The van der Waals surface area contributed by atoms with Crippen molar-refractivity contribution in [3.63, 3.8) is 0 Å². The van der Waals surface area contributed by atoms with Gasteiger partial charge in [-0.25, -0.2) is 9.97 Å². The third kappa shape index (κ3) is 5.38. The van der Waals surface area contributed by atoms with E-state index in [4.69, 9.17) is 4.98 Å². The van der Waals surface area contributed by atoms with Crippen LogP contribution in [0.1, 0.15) is 36.8 Å². The third-order valence-electron chi connectivity index (χ3n) is 6.43. The van der Waals surface area contributed by atoms with E-state index >= 15 is 0 Å². The number of carbonyl (C=O) groups is 1. The summed E-state index contributed by atoms with van der Waals surface area (Å²) in [6, 6.07) is 10.7. The fourth-order valence-electron chi connectivity index (χ4n) is 4.46. The number of amides is 1. The van der Waals surface area contributed by atoms with Crippen LogP contribution in [-0.4, -0.2) is 84.6 Å². The van der Waals surface area contributed by atoms with Crippen LogP contribution in [0.4, 0.5) is 11.5 Å². The molecule has 4 rings (SSSR count). The second-order valence-electron chi connectivity index (χ2n) is 9.35. The maximum Gasteiger partial charge on any atom is 0.236 e. The highest BCUT2D eigenvalue weighted by Crippen LogP contribution is 2.20. The lowest BCUT2D eigenvalue weighted by atomic mass is 10.2. The number of hydrogen-bond acceptors (Lipinski definition) is 6. The lowest BCUT2D eigenvalue weighted by Crippen LogP contribution is -2.54. The predicted molar refractivity (Wildman–Crippen MR) is 129 cm³/mol. The van der Waals surface area contributed by atoms with Gasteiger partial charge in [0.05, 0.1) is 6.54 Å². The molecule has 172 valence electrons. The average Bonchev–Trinajstić information content (AvgIpc) is 2.79. The fourth-order valence-corrected chi connectivity index (χ4v) is 4.46. The zero-order valence-corrected chi connectivity index (χ0v) is 19.9. The molecule has 0 aliphatic carbocycles. The minimum atomic E-state index is 0.252. The van der Waals surface area contributed by atoms with Crippen molar-refractivity contribution in [1.29, 1.82) is 0 Å². The van der Waals surface area contributed by atoms with E-state index in [-0.39, 0.29) is 5.91 Å². The number of aryl methyl sites for hydroxylation is 2. The first-order chi connectivity index (χ1) is 15.4. The third-order valence-corrected chi connectivity index (χ3v) is 6.43. The molecule has 1 amide bonds. The summed E-state index contributed by atoms with van der Waals surface area (Å²) in [7, 11) is 0. The van der Waals surface area contributed by atoms with Crippen molar-refractivity contribution in [2.24, 2.45) is 0 Å². The molecule has 1 aromatic heterocycles. The van der Waals surface area contributed by atoms with Crippen LogP contribution in [0, 0.1) is 13.8 Å². The van der Waals surface area contributed by atoms with Crippen molar-refractivity contribution < 1.29 is 4.79 Å². The first-order valence-electron chi connectivity index (χ1n) is 11.8. The molecule has 0 bridgehead atoms. The molecular formula is C25H36N6O. The number of carbonyl (C=O) groups excluding carboxylic acids is 1. The number of aromatic nitrogens is 2. The van der Waals surface area contributed by atoms with Gasteiger partial charge in [0.15, 0.2) is 0 Å². The minimum Gasteiger partial charge on any atom is -0.368 e. The van der Waals surface area contributed by atoms with Crippen molar-refractivity contribution >= 4 is 17.4 Å². The molecule has 2 aromatic rings. The predicted octanol–water partition coefficient (Wildman–Crippen LogP) is 2.69. The van der Waals surface area contributed by atoms with Crippen LogP contribution >= 0.6 is 0 Å². The molecule has 1 aromatic carbocycles. The summed E-state index contributed by atoms with van der Waals surface area (Å²) in [4.78, 5) is 31.3. The topological polar surface area (TPSA) is 55.8 Å². The zero-order valence-electron chi connectivity index (χ0n) is 19.9. The Morgan fingerprint density at radius 1 is 0.906 bits per heavy atom. The van der Waals surface area contributed by atoms with Crippen molar-refractivity contribution in [2.45, 2.75) is 33.6 Å². The molecule has 2 aliphatic heterocycles. The van der Waals surface area contributed by atoms with E-state index in [9.17, 15) is 4.79 Å². The van der Waals surface area contributed by atoms with Crippen LogP contribution < -0.4 is 9.80 Å². The molecule has 7 heteroatoms. The Morgan fingerprint density at radius 3 is 2.25 bits per heavy atom. The normalized spacial score (nSPS) is 17.8. The van der Waals surface area contributed by atoms with Gasteiger partial charge in [-0.3, -0.25) is 9.69 Å². The van der Waals surface area contributed by atoms with E-state index in [1.165, 1.54) is 11.3 Å². The Kier molecular flexibility index (Phi) is 6.94. The monoisotopic (exact) mass is 436 g/mol. The number of nitrogens with zero attached hydrogens (tertiary/aromatic N) is 6. The van der Waals surface area contributed by atoms with E-state index < -0.39 is 0 Å². The summed E-state index contributed by atoms with van der Waals surface area (Å²) in [5.74, 6) is 2.49. The molecule has 2 saturated heterocycles. The molecule has 0 radical (unpaired) electrons. The van der Waals surface area contributed by atoms with Crippen LogP contribution in [0.3, 0.4) is 0 Å². The zero-order chi connectivity index (χ0) is 22.7. The van der Waals surface area contributed by atoms with Crippen molar-refractivity contribution in [2.75, 3.05) is 68.7 Å². The summed E-state index contributed by atoms with van der Waals surface area (Å²) in [5.41, 5.74) is 3.55. The van der Waals surface area contributed by atoms with Gasteiger partial charge in [-0.05, 0) is 31.5 Å². The van der Waals surface area contributed by atoms with Crippen LogP contribution in [0.5, 0.6) is 0 Å². The van der Waals surface area contributed by atoms with Crippen LogP contribution in [0.2, 0.25) is 0 Å². The summed E-state index contributed by atoms with van der Waals surface area (Å²) in [6.45, 7) is 15.9. The van der Waals surface area contributed by atoms with Gasteiger partial charge in [0.2, 0.25) is 5.91 Å². The van der Waals surface area contributed by atoms with Crippen molar-refractivity contribution in [3.8, 4) is 0 Å². The number of anilines is 2. The second-order valence-corrected chi connectivity index (χ2v) is 9.35. The maximum atomic E-state index is 12.9.